The lowest BCUT2D eigenvalue weighted by atomic mass is 9.54. The predicted molar refractivity (Wildman–Crippen MR) is 329 cm³/mol. The number of ketones is 6. The van der Waals surface area contributed by atoms with Crippen molar-refractivity contribution in [1.82, 2.24) is 9.80 Å². The van der Waals surface area contributed by atoms with Gasteiger partial charge in [-0.3, -0.25) is 28.8 Å². The van der Waals surface area contributed by atoms with Crippen molar-refractivity contribution in [3.63, 3.8) is 0 Å². The lowest BCUT2D eigenvalue weighted by Gasteiger charge is -2.58. The number of aliphatic hydroxyl groups excluding tert-OH is 4. The molecule has 0 amide bonds. The van der Waals surface area contributed by atoms with Crippen LogP contribution in [0.3, 0.4) is 0 Å². The van der Waals surface area contributed by atoms with Gasteiger partial charge in [-0.15, -0.1) is 0 Å². The predicted octanol–water partition coefficient (Wildman–Crippen LogP) is 3.12. The molecule has 4 saturated heterocycles. The summed E-state index contributed by atoms with van der Waals surface area (Å²) in [5, 5.41) is 100. The number of phenolic OH excluding ortho intramolecular Hbond substituents is 4. The molecule has 28 nitrogen and oxygen atoms in total. The topological polar surface area (TPSA) is 388 Å². The van der Waals surface area contributed by atoms with Gasteiger partial charge in [-0.25, -0.2) is 0 Å². The van der Waals surface area contributed by atoms with E-state index in [1.54, 1.807) is 79.5 Å². The molecule has 518 valence electrons. The van der Waals surface area contributed by atoms with Crippen molar-refractivity contribution in [3.8, 4) is 23.0 Å². The highest BCUT2D eigenvalue weighted by molar-refractivity contribution is 6.34. The van der Waals surface area contributed by atoms with Crippen molar-refractivity contribution < 1.29 is 122 Å². The molecule has 5 aliphatic heterocycles. The van der Waals surface area contributed by atoms with E-state index in [2.05, 4.69) is 0 Å². The van der Waals surface area contributed by atoms with Crippen molar-refractivity contribution >= 4 is 45.8 Å². The molecule has 28 heteroatoms. The van der Waals surface area contributed by atoms with Crippen molar-refractivity contribution in [2.24, 2.45) is 11.8 Å². The van der Waals surface area contributed by atoms with Crippen LogP contribution < -0.4 is 0 Å². The van der Waals surface area contributed by atoms with E-state index in [4.69, 9.17) is 47.4 Å². The normalized spacial score (nSPS) is 40.1. The number of allylic oxidation sites excluding steroid dienone is 6. The maximum absolute atomic E-state index is 17.9. The minimum Gasteiger partial charge on any atom is -0.507 e. The average molecular weight is 1340 g/mol. The van der Waals surface area contributed by atoms with Gasteiger partial charge in [-0.1, -0.05) is 13.8 Å². The highest BCUT2D eigenvalue weighted by atomic mass is 16.7. The van der Waals surface area contributed by atoms with E-state index >= 15 is 9.59 Å². The summed E-state index contributed by atoms with van der Waals surface area (Å²) in [4.78, 5) is 96.5. The van der Waals surface area contributed by atoms with Gasteiger partial charge in [-0.2, -0.15) is 0 Å². The number of carbonyl (C=O) groups is 6. The van der Waals surface area contributed by atoms with Crippen molar-refractivity contribution in [2.45, 2.75) is 214 Å². The van der Waals surface area contributed by atoms with E-state index in [0.29, 0.717) is 4.70 Å². The van der Waals surface area contributed by atoms with Crippen LogP contribution in [0.2, 0.25) is 0 Å². The fraction of sp³-hybridized carbons (Fsp3) is 0.618. The summed E-state index contributed by atoms with van der Waals surface area (Å²) in [6.07, 6.45) is -19.7. The van der Waals surface area contributed by atoms with E-state index in [9.17, 15) is 65.6 Å². The van der Waals surface area contributed by atoms with Gasteiger partial charge in [0, 0.05) is 73.3 Å². The number of nitrogens with zero attached hydrogens (tertiary/aromatic N) is 4. The van der Waals surface area contributed by atoms with E-state index in [1.165, 1.54) is 14.2 Å². The zero-order chi connectivity index (χ0) is 69.3. The van der Waals surface area contributed by atoms with Crippen LogP contribution in [0.25, 0.3) is 16.7 Å². The highest BCUT2D eigenvalue weighted by Gasteiger charge is 2.75. The molecular formula is C68H82N4O24. The number of hydrogen-bond donors (Lipinski definition) is 8. The van der Waals surface area contributed by atoms with Crippen molar-refractivity contribution in [3.05, 3.63) is 85.5 Å². The first-order valence-corrected chi connectivity index (χ1v) is 32.7. The SMILES string of the molecule is CC[C@]1(OC2C[C@H](OC)[C@@H](O)[C@H](C)O2)C2C(=O)C3=C(C(c4c(O)c5c(c(O)c43)C(=O)C=CC5=O)[N+](=[N-])C3C4=C(C(=O)C2[C@](CC)(O[C@@H]2C[C@@H](OC)[C@H](O)[C@@H](C)O2)[C@@H]4O[C@@H]2C[C@H](O)[C@@H](N(C)C)[C@H](C)O2)c2c(O)c4c(c(O)c23)C(=O)C=CC4=O)[C@H]1O[C@H]1C[C@@H](O)[C@H](N(C)C)[C@@H](C)O1. The summed E-state index contributed by atoms with van der Waals surface area (Å²) in [5.41, 5.74) is 2.11. The third-order valence-electron chi connectivity index (χ3n) is 22.2. The van der Waals surface area contributed by atoms with Gasteiger partial charge < -0.3 is 108 Å². The lowest BCUT2D eigenvalue weighted by molar-refractivity contribution is -0.618. The zero-order valence-electron chi connectivity index (χ0n) is 55.2. The Balaban J connectivity index is 1.20. The summed E-state index contributed by atoms with van der Waals surface area (Å²) < 4.78 is 68.8. The number of likely N-dealkylation sites (N-methyl/N-ethyl adjacent to an activating group) is 2. The molecule has 0 aromatic heterocycles. The molecule has 11 aliphatic rings. The van der Waals surface area contributed by atoms with Gasteiger partial charge in [0.1, 0.15) is 58.6 Å². The van der Waals surface area contributed by atoms with Crippen LogP contribution in [0.15, 0.2) is 35.5 Å². The van der Waals surface area contributed by atoms with E-state index in [0.717, 1.165) is 24.3 Å². The molecule has 0 spiro atoms. The first kappa shape index (κ1) is 68.1. The molecule has 8 N–H and O–H groups in total. The number of hydrogen-bond acceptors (Lipinski definition) is 26. The molecule has 6 aliphatic carbocycles. The van der Waals surface area contributed by atoms with Crippen LogP contribution in [0, 0.1) is 11.8 Å². The molecule has 0 radical (unpaired) electrons. The summed E-state index contributed by atoms with van der Waals surface area (Å²) in [6.45, 7) is 9.65. The first-order valence-electron chi connectivity index (χ1n) is 32.7. The Hall–Kier alpha value is -6.42. The molecule has 24 atom stereocenters. The minimum absolute atomic E-state index is 0.281. The Morgan fingerprint density at radius 1 is 0.500 bits per heavy atom. The highest BCUT2D eigenvalue weighted by Crippen LogP contribution is 2.70. The Morgan fingerprint density at radius 3 is 1.12 bits per heavy atom. The number of carbonyl (C=O) groups excluding carboxylic acids is 6. The van der Waals surface area contributed by atoms with Gasteiger partial charge in [0.05, 0.1) is 106 Å². The molecular weight excluding hydrogens is 1260 g/mol. The van der Waals surface area contributed by atoms with Gasteiger partial charge in [-0.05, 0) is 93.0 Å². The first-order chi connectivity index (χ1) is 45.4. The number of methoxy groups -OCH3 is 2. The molecule has 2 aromatic carbocycles. The number of ether oxygens (including phenoxy) is 10. The van der Waals surface area contributed by atoms with Crippen LogP contribution in [-0.4, -0.2) is 254 Å². The Bertz CT molecular complexity index is 3560. The second kappa shape index (κ2) is 24.5. The van der Waals surface area contributed by atoms with Crippen LogP contribution in [0.4, 0.5) is 0 Å². The minimum atomic E-state index is -2.51. The summed E-state index contributed by atoms with van der Waals surface area (Å²) in [5.74, 6) is -14.8. The second-order valence-electron chi connectivity index (χ2n) is 27.6. The average Bonchev–Trinajstić information content (AvgIpc) is 1.46. The smallest absolute Gasteiger partial charge is 0.197 e. The summed E-state index contributed by atoms with van der Waals surface area (Å²) in [7, 11) is 9.65. The number of aliphatic hydroxyl groups is 4. The summed E-state index contributed by atoms with van der Waals surface area (Å²) >= 11 is 0. The Morgan fingerprint density at radius 2 is 0.823 bits per heavy atom. The maximum atomic E-state index is 17.9. The molecule has 13 rings (SSSR count). The van der Waals surface area contributed by atoms with E-state index in [1.807, 2.05) is 0 Å². The van der Waals surface area contributed by atoms with Crippen LogP contribution in [0.1, 0.15) is 156 Å². The number of rotatable bonds is 14. The van der Waals surface area contributed by atoms with Gasteiger partial charge >= 0.3 is 0 Å². The molecule has 2 aromatic rings. The quantitative estimate of drug-likeness (QED) is 0.0995. The number of fused-ring (bicyclic) bond motifs is 9. The van der Waals surface area contributed by atoms with Crippen LogP contribution in [-0.2, 0) is 57.0 Å². The zero-order valence-corrected chi connectivity index (χ0v) is 55.2. The van der Waals surface area contributed by atoms with E-state index < -0.39 is 283 Å². The standard InChI is InChI=1S/C68H82N4O24/c1-13-67(95-37-21-33(87-11)57(79)25(5)91-37)51-52-64(86)46-44-48(62(84)42-30(76)18-16-28(74)40(42)60(44)82)56(50(46)66(94-36-20-32(78)54(71(9)10)24(4)90-36)68(52,14-2)96-38-22-34(88-12)58(80)26(6)92-38)72(69)55-47-43(59(81)39-27(73)15-17-29(75)41(39)61(47)83)45(63(51)85)49(55)65(67)93-35-19-31(77)53(70(7)8)23(3)89-35/h15-18,23-26,31-38,51-58,65-66,77-84H,13-14,19-22H2,1-12H3/t23-,24+,25+,26-,31-,32+,33+,34-,35+,36-,37+,38?,51?,52?,53-,54+,55?,56?,57+,58-,65+,66+,67-,68-/m0/s1. The molecule has 0 saturated carbocycles. The summed E-state index contributed by atoms with van der Waals surface area (Å²) in [6, 6.07) is -5.77. The van der Waals surface area contributed by atoms with Gasteiger partial charge in [0.25, 0.3) is 0 Å². The van der Waals surface area contributed by atoms with Gasteiger partial charge in [0.15, 0.2) is 71.9 Å². The fourth-order valence-electron chi connectivity index (χ4n) is 18.1. The van der Waals surface area contributed by atoms with Crippen molar-refractivity contribution in [2.75, 3.05) is 42.4 Å². The van der Waals surface area contributed by atoms with Crippen LogP contribution in [0.5, 0.6) is 23.0 Å². The number of aromatic hydroxyl groups is 4. The monoisotopic (exact) mass is 1340 g/mol. The van der Waals surface area contributed by atoms with Crippen molar-refractivity contribution in [1.29, 1.82) is 0 Å². The number of Topliss-reactive ketones (excluding diaryl/α,β-unsaturated/α-hetero) is 2. The Kier molecular flexibility index (Phi) is 17.4. The lowest BCUT2D eigenvalue weighted by Crippen LogP contribution is -2.71. The molecule has 8 bridgehead atoms. The number of benzene rings is 2. The second-order valence-corrected chi connectivity index (χ2v) is 27.6. The number of phenols is 4. The van der Waals surface area contributed by atoms with E-state index in [-0.39, 0.29) is 25.7 Å². The fourth-order valence-corrected chi connectivity index (χ4v) is 18.1. The third kappa shape index (κ3) is 9.74. The molecule has 4 fully saturated rings. The van der Waals surface area contributed by atoms with Crippen LogP contribution >= 0.6 is 0 Å². The van der Waals surface area contributed by atoms with Gasteiger partial charge in [0.2, 0.25) is 0 Å². The molecule has 5 unspecified atom stereocenters. The third-order valence-corrected chi connectivity index (χ3v) is 22.2. The molecule has 5 heterocycles. The maximum Gasteiger partial charge on any atom is 0.197 e. The Labute approximate surface area is 552 Å². The molecule has 96 heavy (non-hydrogen) atoms. The largest absolute Gasteiger partial charge is 0.507 e.